The molecule has 0 unspecified atom stereocenters. The van der Waals surface area contributed by atoms with Gasteiger partial charge in [-0.3, -0.25) is 9.80 Å². The topological polar surface area (TPSA) is 32.3 Å². The molecule has 3 nitrogen and oxygen atoms in total. The molecule has 3 heteroatoms. The fourth-order valence-corrected chi connectivity index (χ4v) is 0.949. The van der Waals surface area contributed by atoms with Crippen LogP contribution in [0.3, 0.4) is 0 Å². The fourth-order valence-electron chi connectivity index (χ4n) is 0.949. The number of hydrazine groups is 1. The van der Waals surface area contributed by atoms with Crippen LogP contribution >= 0.6 is 0 Å². The largest absolute Gasteiger partial charge is 0.277 e. The molecule has 0 aliphatic carbocycles. The summed E-state index contributed by atoms with van der Waals surface area (Å²) in [6.07, 6.45) is 0.771. The lowest BCUT2D eigenvalue weighted by molar-refractivity contribution is -0.121. The summed E-state index contributed by atoms with van der Waals surface area (Å²) in [6.45, 7) is 0.598. The van der Waals surface area contributed by atoms with Crippen molar-refractivity contribution in [3.05, 3.63) is 35.9 Å². The van der Waals surface area contributed by atoms with E-state index >= 15 is 0 Å². The summed E-state index contributed by atoms with van der Waals surface area (Å²) in [6, 6.07) is 9.82. The summed E-state index contributed by atoms with van der Waals surface area (Å²) in [5.41, 5.74) is 3.88. The van der Waals surface area contributed by atoms with E-state index in [1.807, 2.05) is 30.3 Å². The minimum Gasteiger partial charge on any atom is -0.277 e. The Morgan fingerprint density at radius 2 is 2.08 bits per heavy atom. The molecule has 0 saturated carbocycles. The van der Waals surface area contributed by atoms with Crippen LogP contribution in [0, 0.1) is 0 Å². The maximum Gasteiger partial charge on any atom is 0.224 e. The zero-order valence-electron chi connectivity index (χ0n) is 7.03. The molecule has 1 aromatic rings. The highest BCUT2D eigenvalue weighted by molar-refractivity contribution is 5.46. The lowest BCUT2D eigenvalue weighted by Crippen LogP contribution is -2.32. The maximum absolute atomic E-state index is 10.4. The van der Waals surface area contributed by atoms with Gasteiger partial charge in [-0.2, -0.15) is 0 Å². The molecule has 1 aromatic carbocycles. The molecular formula is C9H12N2O. The normalized spacial score (nSPS) is 9.42. The van der Waals surface area contributed by atoms with Gasteiger partial charge in [0.1, 0.15) is 0 Å². The zero-order valence-corrected chi connectivity index (χ0v) is 7.03. The van der Waals surface area contributed by atoms with Crippen molar-refractivity contribution in [1.29, 1.82) is 0 Å². The van der Waals surface area contributed by atoms with Crippen LogP contribution in [-0.2, 0) is 11.3 Å². The van der Waals surface area contributed by atoms with Gasteiger partial charge in [0.05, 0.1) is 6.54 Å². The molecule has 0 heterocycles. The first kappa shape index (κ1) is 8.74. The predicted octanol–water partition coefficient (Wildman–Crippen LogP) is 0.779. The lowest BCUT2D eigenvalue weighted by atomic mass is 10.2. The van der Waals surface area contributed by atoms with Gasteiger partial charge in [0.15, 0.2) is 0 Å². The molecule has 0 aromatic heterocycles. The van der Waals surface area contributed by atoms with Crippen LogP contribution in [0.15, 0.2) is 30.3 Å². The third kappa shape index (κ3) is 2.36. The van der Waals surface area contributed by atoms with Crippen LogP contribution in [0.4, 0.5) is 0 Å². The molecule has 0 spiro atoms. The second-order valence-electron chi connectivity index (χ2n) is 2.44. The molecule has 1 N–H and O–H groups in total. The van der Waals surface area contributed by atoms with E-state index in [-0.39, 0.29) is 0 Å². The van der Waals surface area contributed by atoms with E-state index in [4.69, 9.17) is 0 Å². The van der Waals surface area contributed by atoms with Gasteiger partial charge in [-0.25, -0.2) is 5.43 Å². The standard InChI is InChI=1S/C9H12N2O/c1-10-11(8-12)7-9-5-3-2-4-6-9/h2-6,8,10H,7H2,1H3. The van der Waals surface area contributed by atoms with Crippen LogP contribution in [-0.4, -0.2) is 18.5 Å². The van der Waals surface area contributed by atoms with Crippen molar-refractivity contribution in [1.82, 2.24) is 10.4 Å². The highest BCUT2D eigenvalue weighted by atomic mass is 16.1. The fraction of sp³-hybridized carbons (Fsp3) is 0.222. The van der Waals surface area contributed by atoms with Crippen LogP contribution in [0.25, 0.3) is 0 Å². The number of rotatable bonds is 4. The Balaban J connectivity index is 2.56. The second-order valence-corrected chi connectivity index (χ2v) is 2.44. The first-order valence-electron chi connectivity index (χ1n) is 3.80. The van der Waals surface area contributed by atoms with Crippen molar-refractivity contribution < 1.29 is 4.79 Å². The predicted molar refractivity (Wildman–Crippen MR) is 47.1 cm³/mol. The van der Waals surface area contributed by atoms with Crippen molar-refractivity contribution in [3.8, 4) is 0 Å². The molecule has 1 rings (SSSR count). The number of carbonyl (C=O) groups is 1. The molecule has 12 heavy (non-hydrogen) atoms. The van der Waals surface area contributed by atoms with Gasteiger partial charge < -0.3 is 0 Å². The first-order valence-corrected chi connectivity index (χ1v) is 3.80. The Morgan fingerprint density at radius 3 is 2.58 bits per heavy atom. The third-order valence-corrected chi connectivity index (χ3v) is 1.61. The Kier molecular flexibility index (Phi) is 3.29. The van der Waals surface area contributed by atoms with Gasteiger partial charge in [0.25, 0.3) is 0 Å². The quantitative estimate of drug-likeness (QED) is 0.527. The Hall–Kier alpha value is -1.35. The molecule has 0 aliphatic rings. The van der Waals surface area contributed by atoms with Crippen molar-refractivity contribution >= 4 is 6.41 Å². The van der Waals surface area contributed by atoms with Gasteiger partial charge in [-0.15, -0.1) is 0 Å². The molecule has 0 atom stereocenters. The summed E-state index contributed by atoms with van der Waals surface area (Å²) in [5.74, 6) is 0. The molecule has 0 aliphatic heterocycles. The number of amides is 1. The highest BCUT2D eigenvalue weighted by Crippen LogP contribution is 1.99. The number of carbonyl (C=O) groups excluding carboxylic acids is 1. The minimum atomic E-state index is 0.598. The van der Waals surface area contributed by atoms with E-state index in [0.29, 0.717) is 6.54 Å². The summed E-state index contributed by atoms with van der Waals surface area (Å²) >= 11 is 0. The van der Waals surface area contributed by atoms with Crippen LogP contribution in [0.1, 0.15) is 5.56 Å². The van der Waals surface area contributed by atoms with E-state index in [2.05, 4.69) is 5.43 Å². The van der Waals surface area contributed by atoms with E-state index in [9.17, 15) is 4.79 Å². The summed E-state index contributed by atoms with van der Waals surface area (Å²) in [4.78, 5) is 10.4. The molecule has 0 bridgehead atoms. The van der Waals surface area contributed by atoms with Gasteiger partial charge >= 0.3 is 0 Å². The average Bonchev–Trinajstić information content (AvgIpc) is 2.16. The molecule has 0 saturated heterocycles. The van der Waals surface area contributed by atoms with Crippen LogP contribution < -0.4 is 5.43 Å². The van der Waals surface area contributed by atoms with Crippen molar-refractivity contribution in [2.45, 2.75) is 6.54 Å². The number of benzene rings is 1. The Labute approximate surface area is 72.0 Å². The van der Waals surface area contributed by atoms with Gasteiger partial charge in [0, 0.05) is 7.05 Å². The average molecular weight is 164 g/mol. The van der Waals surface area contributed by atoms with E-state index < -0.39 is 0 Å². The van der Waals surface area contributed by atoms with Gasteiger partial charge in [0.2, 0.25) is 6.41 Å². The number of nitrogens with one attached hydrogen (secondary N) is 1. The zero-order chi connectivity index (χ0) is 8.81. The lowest BCUT2D eigenvalue weighted by Gasteiger charge is -2.14. The Bertz CT molecular complexity index is 236. The minimum absolute atomic E-state index is 0.598. The maximum atomic E-state index is 10.4. The smallest absolute Gasteiger partial charge is 0.224 e. The SMILES string of the molecule is CNN(C=O)Cc1ccccc1. The van der Waals surface area contributed by atoms with Crippen LogP contribution in [0.2, 0.25) is 0 Å². The van der Waals surface area contributed by atoms with Crippen molar-refractivity contribution in [3.63, 3.8) is 0 Å². The third-order valence-electron chi connectivity index (χ3n) is 1.61. The highest BCUT2D eigenvalue weighted by Gasteiger charge is 1.97. The van der Waals surface area contributed by atoms with E-state index in [0.717, 1.165) is 12.0 Å². The monoisotopic (exact) mass is 164 g/mol. The molecule has 0 fully saturated rings. The van der Waals surface area contributed by atoms with E-state index in [1.54, 1.807) is 7.05 Å². The molecule has 1 amide bonds. The summed E-state index contributed by atoms with van der Waals surface area (Å²) in [7, 11) is 1.72. The Morgan fingerprint density at radius 1 is 1.42 bits per heavy atom. The number of nitrogens with zero attached hydrogens (tertiary/aromatic N) is 1. The van der Waals surface area contributed by atoms with Crippen LogP contribution in [0.5, 0.6) is 0 Å². The van der Waals surface area contributed by atoms with Crippen molar-refractivity contribution in [2.75, 3.05) is 7.05 Å². The van der Waals surface area contributed by atoms with E-state index in [1.165, 1.54) is 5.01 Å². The second kappa shape index (κ2) is 4.51. The van der Waals surface area contributed by atoms with Crippen molar-refractivity contribution in [2.24, 2.45) is 0 Å². The van der Waals surface area contributed by atoms with Gasteiger partial charge in [-0.05, 0) is 5.56 Å². The molecular weight excluding hydrogens is 152 g/mol. The first-order chi connectivity index (χ1) is 5.86. The summed E-state index contributed by atoms with van der Waals surface area (Å²) < 4.78 is 0. The summed E-state index contributed by atoms with van der Waals surface area (Å²) in [5, 5.41) is 1.48. The number of hydrogen-bond acceptors (Lipinski definition) is 2. The van der Waals surface area contributed by atoms with Gasteiger partial charge in [-0.1, -0.05) is 30.3 Å². The molecule has 64 valence electrons. The molecule has 0 radical (unpaired) electrons. The number of hydrogen-bond donors (Lipinski definition) is 1.